The van der Waals surface area contributed by atoms with Crippen LogP contribution >= 0.6 is 11.3 Å². The SMILES string of the molecule is CC(=O)N1CCN(c2ncccc2CNC(=O)c2ccc(C)s2)CC1. The Balaban J connectivity index is 1.65. The van der Waals surface area contributed by atoms with Gasteiger partial charge in [-0.15, -0.1) is 11.3 Å². The topological polar surface area (TPSA) is 65.5 Å². The molecule has 1 saturated heterocycles. The first-order valence-electron chi connectivity index (χ1n) is 8.33. The molecule has 1 fully saturated rings. The van der Waals surface area contributed by atoms with Crippen LogP contribution in [-0.2, 0) is 11.3 Å². The fourth-order valence-corrected chi connectivity index (χ4v) is 3.69. The predicted octanol–water partition coefficient (Wildman–Crippen LogP) is 2.05. The summed E-state index contributed by atoms with van der Waals surface area (Å²) in [6.45, 7) is 6.93. The van der Waals surface area contributed by atoms with Gasteiger partial charge >= 0.3 is 0 Å². The van der Waals surface area contributed by atoms with Crippen LogP contribution in [0.3, 0.4) is 0 Å². The number of carbonyl (C=O) groups is 2. The Kier molecular flexibility index (Phi) is 5.33. The van der Waals surface area contributed by atoms with Crippen molar-refractivity contribution in [3.63, 3.8) is 0 Å². The molecule has 0 spiro atoms. The number of piperazine rings is 1. The quantitative estimate of drug-likeness (QED) is 0.908. The van der Waals surface area contributed by atoms with Gasteiger partial charge in [0.25, 0.3) is 5.91 Å². The molecule has 25 heavy (non-hydrogen) atoms. The van der Waals surface area contributed by atoms with E-state index >= 15 is 0 Å². The van der Waals surface area contributed by atoms with Crippen molar-refractivity contribution in [2.75, 3.05) is 31.1 Å². The van der Waals surface area contributed by atoms with Crippen LogP contribution in [0.1, 0.15) is 27.0 Å². The highest BCUT2D eigenvalue weighted by atomic mass is 32.1. The van der Waals surface area contributed by atoms with E-state index in [1.165, 1.54) is 11.3 Å². The van der Waals surface area contributed by atoms with Gasteiger partial charge in [-0.25, -0.2) is 4.98 Å². The van der Waals surface area contributed by atoms with Crippen LogP contribution in [0.5, 0.6) is 0 Å². The maximum atomic E-state index is 12.3. The molecule has 1 aliphatic heterocycles. The van der Waals surface area contributed by atoms with E-state index in [0.29, 0.717) is 19.6 Å². The molecule has 2 aromatic rings. The predicted molar refractivity (Wildman–Crippen MR) is 98.9 cm³/mol. The van der Waals surface area contributed by atoms with Gasteiger partial charge in [-0.2, -0.15) is 0 Å². The summed E-state index contributed by atoms with van der Waals surface area (Å²) in [5.74, 6) is 0.932. The number of thiophene rings is 1. The molecule has 1 aliphatic rings. The molecule has 0 unspecified atom stereocenters. The van der Waals surface area contributed by atoms with E-state index in [4.69, 9.17) is 0 Å². The molecule has 3 heterocycles. The summed E-state index contributed by atoms with van der Waals surface area (Å²) < 4.78 is 0. The van der Waals surface area contributed by atoms with Crippen LogP contribution in [0.25, 0.3) is 0 Å². The number of aromatic nitrogens is 1. The molecule has 132 valence electrons. The van der Waals surface area contributed by atoms with Crippen molar-refractivity contribution in [2.24, 2.45) is 0 Å². The molecule has 0 saturated carbocycles. The summed E-state index contributed by atoms with van der Waals surface area (Å²) in [5.41, 5.74) is 0.986. The average molecular weight is 358 g/mol. The molecule has 1 N–H and O–H groups in total. The summed E-state index contributed by atoms with van der Waals surface area (Å²) in [7, 11) is 0. The van der Waals surface area contributed by atoms with Crippen molar-refractivity contribution in [1.29, 1.82) is 0 Å². The van der Waals surface area contributed by atoms with Gasteiger partial charge in [0, 0.05) is 56.3 Å². The molecule has 2 aromatic heterocycles. The summed E-state index contributed by atoms with van der Waals surface area (Å²) in [5, 5.41) is 2.98. The van der Waals surface area contributed by atoms with Crippen LogP contribution in [0.4, 0.5) is 5.82 Å². The van der Waals surface area contributed by atoms with Crippen LogP contribution in [0.2, 0.25) is 0 Å². The first kappa shape index (κ1) is 17.4. The molecule has 0 aliphatic carbocycles. The van der Waals surface area contributed by atoms with Gasteiger partial charge in [-0.1, -0.05) is 6.07 Å². The van der Waals surface area contributed by atoms with E-state index in [1.807, 2.05) is 36.1 Å². The zero-order valence-corrected chi connectivity index (χ0v) is 15.3. The minimum absolute atomic E-state index is 0.0608. The molecule has 0 bridgehead atoms. The third-order valence-corrected chi connectivity index (χ3v) is 5.30. The third kappa shape index (κ3) is 4.17. The van der Waals surface area contributed by atoms with Crippen LogP contribution in [-0.4, -0.2) is 47.9 Å². The van der Waals surface area contributed by atoms with Crippen LogP contribution in [0, 0.1) is 6.92 Å². The molecular formula is C18H22N4O2S. The summed E-state index contributed by atoms with van der Waals surface area (Å²) in [4.78, 5) is 34.1. The zero-order chi connectivity index (χ0) is 17.8. The highest BCUT2D eigenvalue weighted by Gasteiger charge is 2.21. The number of rotatable bonds is 4. The second kappa shape index (κ2) is 7.65. The van der Waals surface area contributed by atoms with E-state index < -0.39 is 0 Å². The lowest BCUT2D eigenvalue weighted by atomic mass is 10.2. The van der Waals surface area contributed by atoms with Crippen molar-refractivity contribution in [3.05, 3.63) is 45.8 Å². The van der Waals surface area contributed by atoms with Gasteiger partial charge in [0.2, 0.25) is 5.91 Å². The van der Waals surface area contributed by atoms with Crippen molar-refractivity contribution in [3.8, 4) is 0 Å². The smallest absolute Gasteiger partial charge is 0.261 e. The normalized spacial score (nSPS) is 14.5. The second-order valence-electron chi connectivity index (χ2n) is 6.07. The summed E-state index contributed by atoms with van der Waals surface area (Å²) in [6.07, 6.45) is 1.76. The van der Waals surface area contributed by atoms with Gasteiger partial charge in [0.15, 0.2) is 0 Å². The van der Waals surface area contributed by atoms with Gasteiger partial charge in [-0.05, 0) is 25.1 Å². The van der Waals surface area contributed by atoms with E-state index in [0.717, 1.165) is 34.2 Å². The van der Waals surface area contributed by atoms with E-state index in [2.05, 4.69) is 15.2 Å². The molecule has 0 radical (unpaired) electrons. The van der Waals surface area contributed by atoms with Crippen molar-refractivity contribution in [1.82, 2.24) is 15.2 Å². The summed E-state index contributed by atoms with van der Waals surface area (Å²) >= 11 is 1.49. The van der Waals surface area contributed by atoms with Gasteiger partial charge in [0.05, 0.1) is 4.88 Å². The standard InChI is InChI=1S/C18H22N4O2S/c1-13-5-6-16(25-13)18(24)20-12-15-4-3-7-19-17(15)22-10-8-21(9-11-22)14(2)23/h3-7H,8-12H2,1-2H3,(H,20,24). The van der Waals surface area contributed by atoms with Crippen molar-refractivity contribution < 1.29 is 9.59 Å². The molecule has 0 aromatic carbocycles. The largest absolute Gasteiger partial charge is 0.353 e. The number of nitrogens with one attached hydrogen (secondary N) is 1. The molecule has 6 nitrogen and oxygen atoms in total. The molecule has 2 amide bonds. The third-order valence-electron chi connectivity index (χ3n) is 4.30. The van der Waals surface area contributed by atoms with E-state index in [9.17, 15) is 9.59 Å². The van der Waals surface area contributed by atoms with Crippen LogP contribution in [0.15, 0.2) is 30.5 Å². The second-order valence-corrected chi connectivity index (χ2v) is 7.36. The number of amides is 2. The summed E-state index contributed by atoms with van der Waals surface area (Å²) in [6, 6.07) is 7.66. The van der Waals surface area contributed by atoms with Gasteiger partial charge in [-0.3, -0.25) is 9.59 Å². The molecule has 0 atom stereocenters. The number of nitrogens with zero attached hydrogens (tertiary/aromatic N) is 3. The minimum Gasteiger partial charge on any atom is -0.353 e. The maximum Gasteiger partial charge on any atom is 0.261 e. The Bertz CT molecular complexity index is 766. The van der Waals surface area contributed by atoms with E-state index in [1.54, 1.807) is 13.1 Å². The highest BCUT2D eigenvalue weighted by molar-refractivity contribution is 7.13. The first-order chi connectivity index (χ1) is 12.0. The lowest BCUT2D eigenvalue weighted by Crippen LogP contribution is -2.48. The highest BCUT2D eigenvalue weighted by Crippen LogP contribution is 2.20. The number of carbonyl (C=O) groups excluding carboxylic acids is 2. The van der Waals surface area contributed by atoms with Gasteiger partial charge in [0.1, 0.15) is 5.82 Å². The van der Waals surface area contributed by atoms with Gasteiger partial charge < -0.3 is 15.1 Å². The first-order valence-corrected chi connectivity index (χ1v) is 9.15. The molecular weight excluding hydrogens is 336 g/mol. The Morgan fingerprint density at radius 3 is 2.60 bits per heavy atom. The fraction of sp³-hybridized carbons (Fsp3) is 0.389. The minimum atomic E-state index is -0.0608. The maximum absolute atomic E-state index is 12.3. The monoisotopic (exact) mass is 358 g/mol. The Hall–Kier alpha value is -2.41. The Labute approximate surface area is 151 Å². The Morgan fingerprint density at radius 1 is 1.20 bits per heavy atom. The number of pyridine rings is 1. The number of aryl methyl sites for hydroxylation is 1. The number of anilines is 1. The van der Waals surface area contributed by atoms with Crippen LogP contribution < -0.4 is 10.2 Å². The lowest BCUT2D eigenvalue weighted by Gasteiger charge is -2.35. The molecule has 3 rings (SSSR count). The fourth-order valence-electron chi connectivity index (χ4n) is 2.91. The average Bonchev–Trinajstić information content (AvgIpc) is 3.06. The Morgan fingerprint density at radius 2 is 1.96 bits per heavy atom. The zero-order valence-electron chi connectivity index (χ0n) is 14.5. The number of hydrogen-bond acceptors (Lipinski definition) is 5. The van der Waals surface area contributed by atoms with Crippen molar-refractivity contribution >= 4 is 29.0 Å². The number of hydrogen-bond donors (Lipinski definition) is 1. The molecule has 7 heteroatoms. The van der Waals surface area contributed by atoms with E-state index in [-0.39, 0.29) is 11.8 Å². The van der Waals surface area contributed by atoms with Crippen molar-refractivity contribution in [2.45, 2.75) is 20.4 Å². The lowest BCUT2D eigenvalue weighted by molar-refractivity contribution is -0.129.